The molecule has 0 amide bonds. The van der Waals surface area contributed by atoms with E-state index < -0.39 is 4.92 Å². The van der Waals surface area contributed by atoms with Crippen molar-refractivity contribution in [2.24, 2.45) is 0 Å². The number of anilines is 2. The van der Waals surface area contributed by atoms with Crippen molar-refractivity contribution in [2.45, 2.75) is 26.2 Å². The Morgan fingerprint density at radius 3 is 2.29 bits per heavy atom. The minimum atomic E-state index is -0.462. The first kappa shape index (κ1) is 17.7. The van der Waals surface area contributed by atoms with Crippen molar-refractivity contribution in [3.05, 3.63) is 58.1 Å². The van der Waals surface area contributed by atoms with Crippen LogP contribution in [0.3, 0.4) is 0 Å². The van der Waals surface area contributed by atoms with Crippen molar-refractivity contribution in [1.29, 1.82) is 0 Å². The second kappa shape index (κ2) is 6.84. The maximum Gasteiger partial charge on any atom is 0.269 e. The monoisotopic (exact) mass is 345 g/mol. The molecule has 0 fully saturated rings. The molecule has 0 bridgehead atoms. The number of benzene rings is 2. The standard InChI is InChI=1S/C17H19N3O3S/c1-17(2,3)11-4-9-15(21)14(10-11)19-16(24)18-12-5-7-13(8-6-12)20(22)23/h4-10,21H,1-3H3,(H2,18,19,24). The molecule has 24 heavy (non-hydrogen) atoms. The van der Waals surface area contributed by atoms with E-state index >= 15 is 0 Å². The summed E-state index contributed by atoms with van der Waals surface area (Å²) < 4.78 is 0. The third kappa shape index (κ3) is 4.42. The van der Waals surface area contributed by atoms with Crippen molar-refractivity contribution in [1.82, 2.24) is 0 Å². The third-order valence-corrected chi connectivity index (χ3v) is 3.65. The van der Waals surface area contributed by atoms with Crippen molar-refractivity contribution < 1.29 is 10.0 Å². The molecule has 2 aromatic rings. The Kier molecular flexibility index (Phi) is 5.04. The summed E-state index contributed by atoms with van der Waals surface area (Å²) in [4.78, 5) is 10.2. The van der Waals surface area contributed by atoms with Gasteiger partial charge in [0.2, 0.25) is 0 Å². The average Bonchev–Trinajstić information content (AvgIpc) is 2.48. The molecule has 2 aromatic carbocycles. The van der Waals surface area contributed by atoms with Crippen LogP contribution in [0.5, 0.6) is 5.75 Å². The largest absolute Gasteiger partial charge is 0.506 e. The Morgan fingerprint density at radius 2 is 1.75 bits per heavy atom. The number of nitrogens with zero attached hydrogens (tertiary/aromatic N) is 1. The number of thiocarbonyl (C=S) groups is 1. The maximum atomic E-state index is 10.6. The van der Waals surface area contributed by atoms with Crippen molar-refractivity contribution >= 4 is 34.4 Å². The highest BCUT2D eigenvalue weighted by Gasteiger charge is 2.16. The molecule has 0 aromatic heterocycles. The van der Waals surface area contributed by atoms with Crippen LogP contribution >= 0.6 is 12.2 Å². The summed E-state index contributed by atoms with van der Waals surface area (Å²) in [6.45, 7) is 6.24. The lowest BCUT2D eigenvalue weighted by molar-refractivity contribution is -0.384. The zero-order valence-electron chi connectivity index (χ0n) is 13.7. The van der Waals surface area contributed by atoms with E-state index in [-0.39, 0.29) is 22.0 Å². The molecule has 0 heterocycles. The molecule has 0 atom stereocenters. The van der Waals surface area contributed by atoms with E-state index in [9.17, 15) is 15.2 Å². The minimum absolute atomic E-state index is 0.00921. The number of phenols is 1. The molecule has 3 N–H and O–H groups in total. The molecule has 6 nitrogen and oxygen atoms in total. The van der Waals surface area contributed by atoms with E-state index in [1.54, 1.807) is 18.2 Å². The number of nitrogens with one attached hydrogen (secondary N) is 2. The first-order chi connectivity index (χ1) is 11.2. The van der Waals surface area contributed by atoms with Gasteiger partial charge >= 0.3 is 0 Å². The highest BCUT2D eigenvalue weighted by atomic mass is 32.1. The molecular formula is C17H19N3O3S. The SMILES string of the molecule is CC(C)(C)c1ccc(O)c(NC(=S)Nc2ccc([N+](=O)[O-])cc2)c1. The number of phenolic OH excluding ortho intramolecular Hbond substituents is 1. The van der Waals surface area contributed by atoms with Crippen molar-refractivity contribution in [3.8, 4) is 5.75 Å². The number of hydrogen-bond donors (Lipinski definition) is 3. The van der Waals surface area contributed by atoms with E-state index in [1.165, 1.54) is 12.1 Å². The van der Waals surface area contributed by atoms with Crippen LogP contribution in [-0.4, -0.2) is 15.1 Å². The van der Waals surface area contributed by atoms with Crippen LogP contribution in [0.2, 0.25) is 0 Å². The Labute approximate surface area is 145 Å². The molecule has 0 radical (unpaired) electrons. The minimum Gasteiger partial charge on any atom is -0.506 e. The summed E-state index contributed by atoms with van der Waals surface area (Å²) >= 11 is 5.23. The molecule has 0 spiro atoms. The molecule has 0 aliphatic carbocycles. The number of nitro groups is 1. The van der Waals surface area contributed by atoms with Crippen LogP contribution in [0.4, 0.5) is 17.1 Å². The summed E-state index contributed by atoms with van der Waals surface area (Å²) in [5, 5.41) is 26.8. The normalized spacial score (nSPS) is 11.0. The number of hydrogen-bond acceptors (Lipinski definition) is 4. The fourth-order valence-electron chi connectivity index (χ4n) is 2.05. The summed E-state index contributed by atoms with van der Waals surface area (Å²) in [6, 6.07) is 11.3. The van der Waals surface area contributed by atoms with Gasteiger partial charge in [-0.15, -0.1) is 0 Å². The van der Waals surface area contributed by atoms with Crippen LogP contribution < -0.4 is 10.6 Å². The lowest BCUT2D eigenvalue weighted by Gasteiger charge is -2.21. The van der Waals surface area contributed by atoms with Crippen LogP contribution in [0.15, 0.2) is 42.5 Å². The van der Waals surface area contributed by atoms with Crippen LogP contribution in [-0.2, 0) is 5.41 Å². The Morgan fingerprint density at radius 1 is 1.12 bits per heavy atom. The second-order valence-electron chi connectivity index (χ2n) is 6.37. The molecule has 126 valence electrons. The zero-order valence-corrected chi connectivity index (χ0v) is 14.5. The molecular weight excluding hydrogens is 326 g/mol. The zero-order chi connectivity index (χ0) is 17.9. The van der Waals surface area contributed by atoms with Gasteiger partial charge < -0.3 is 15.7 Å². The van der Waals surface area contributed by atoms with E-state index in [0.717, 1.165) is 5.56 Å². The summed E-state index contributed by atoms with van der Waals surface area (Å²) in [5.41, 5.74) is 2.12. The molecule has 2 rings (SSSR count). The van der Waals surface area contributed by atoms with Crippen molar-refractivity contribution in [2.75, 3.05) is 10.6 Å². The second-order valence-corrected chi connectivity index (χ2v) is 6.77. The van der Waals surface area contributed by atoms with Crippen molar-refractivity contribution in [3.63, 3.8) is 0 Å². The van der Waals surface area contributed by atoms with Gasteiger partial charge in [-0.1, -0.05) is 26.8 Å². The summed E-state index contributed by atoms with van der Waals surface area (Å²) in [6.07, 6.45) is 0. The predicted octanol–water partition coefficient (Wildman–Crippen LogP) is 4.41. The first-order valence-electron chi connectivity index (χ1n) is 7.33. The highest BCUT2D eigenvalue weighted by molar-refractivity contribution is 7.80. The first-order valence-corrected chi connectivity index (χ1v) is 7.73. The summed E-state index contributed by atoms with van der Waals surface area (Å²) in [5.74, 6) is 0.0934. The molecule has 0 aliphatic heterocycles. The Hall–Kier alpha value is -2.67. The smallest absolute Gasteiger partial charge is 0.269 e. The average molecular weight is 345 g/mol. The van der Waals surface area contributed by atoms with E-state index in [4.69, 9.17) is 12.2 Å². The third-order valence-electron chi connectivity index (χ3n) is 3.45. The molecule has 0 aliphatic rings. The van der Waals surface area contributed by atoms with Gasteiger partial charge in [0, 0.05) is 17.8 Å². The molecule has 0 saturated heterocycles. The van der Waals surface area contributed by atoms with E-state index in [0.29, 0.717) is 11.4 Å². The Balaban J connectivity index is 2.11. The predicted molar refractivity (Wildman–Crippen MR) is 99.7 cm³/mol. The van der Waals surface area contributed by atoms with Gasteiger partial charge in [-0.3, -0.25) is 10.1 Å². The van der Waals surface area contributed by atoms with Crippen LogP contribution in [0.25, 0.3) is 0 Å². The lowest BCUT2D eigenvalue weighted by Crippen LogP contribution is -2.20. The van der Waals surface area contributed by atoms with Gasteiger partial charge in [0.25, 0.3) is 5.69 Å². The highest BCUT2D eigenvalue weighted by Crippen LogP contribution is 2.30. The number of aromatic hydroxyl groups is 1. The summed E-state index contributed by atoms with van der Waals surface area (Å²) in [7, 11) is 0. The number of non-ortho nitro benzene ring substituents is 1. The van der Waals surface area contributed by atoms with Crippen LogP contribution in [0.1, 0.15) is 26.3 Å². The quantitative estimate of drug-likeness (QED) is 0.331. The van der Waals surface area contributed by atoms with E-state index in [1.807, 2.05) is 12.1 Å². The van der Waals surface area contributed by atoms with Crippen LogP contribution in [0, 0.1) is 10.1 Å². The molecule has 0 saturated carbocycles. The van der Waals surface area contributed by atoms with Gasteiger partial charge in [0.1, 0.15) is 5.75 Å². The van der Waals surface area contributed by atoms with E-state index in [2.05, 4.69) is 31.4 Å². The van der Waals surface area contributed by atoms with Gasteiger partial charge in [-0.2, -0.15) is 0 Å². The fraction of sp³-hybridized carbons (Fsp3) is 0.235. The maximum absolute atomic E-state index is 10.6. The fourth-order valence-corrected chi connectivity index (χ4v) is 2.28. The van der Waals surface area contributed by atoms with Gasteiger partial charge in [-0.25, -0.2) is 0 Å². The van der Waals surface area contributed by atoms with Gasteiger partial charge in [-0.05, 0) is 47.5 Å². The Bertz CT molecular complexity index is 768. The van der Waals surface area contributed by atoms with Gasteiger partial charge in [0.15, 0.2) is 5.11 Å². The lowest BCUT2D eigenvalue weighted by atomic mass is 9.87. The molecule has 7 heteroatoms. The van der Waals surface area contributed by atoms with Gasteiger partial charge in [0.05, 0.1) is 10.6 Å². The number of nitro benzene ring substituents is 1. The topological polar surface area (TPSA) is 87.4 Å². The number of rotatable bonds is 3. The molecule has 0 unspecified atom stereocenters.